The smallest absolute Gasteiger partial charge is 0.303 e. The fourth-order valence-corrected chi connectivity index (χ4v) is 1.71. The summed E-state index contributed by atoms with van der Waals surface area (Å²) in [5.41, 5.74) is 0.776. The number of rotatable bonds is 6. The zero-order valence-electron chi connectivity index (χ0n) is 10.1. The number of hydrogen-bond donors (Lipinski definition) is 2. The minimum Gasteiger partial charge on any atom is -0.481 e. The second-order valence-electron chi connectivity index (χ2n) is 4.01. The number of unbranched alkanes of at least 4 members (excludes halogenated alkanes) is 1. The highest BCUT2D eigenvalue weighted by Crippen LogP contribution is 2.17. The minimum atomic E-state index is -0.758. The molecule has 0 unspecified atom stereocenters. The van der Waals surface area contributed by atoms with Crippen molar-refractivity contribution < 1.29 is 9.90 Å². The van der Waals surface area contributed by atoms with Crippen LogP contribution in [-0.2, 0) is 11.8 Å². The quantitative estimate of drug-likeness (QED) is 0.743. The fourth-order valence-electron chi connectivity index (χ4n) is 1.71. The van der Waals surface area contributed by atoms with Crippen molar-refractivity contribution in [2.45, 2.75) is 19.3 Å². The maximum Gasteiger partial charge on any atom is 0.303 e. The van der Waals surface area contributed by atoms with Crippen LogP contribution in [0.3, 0.4) is 0 Å². The van der Waals surface area contributed by atoms with Crippen molar-refractivity contribution in [1.82, 2.24) is 19.7 Å². The van der Waals surface area contributed by atoms with Gasteiger partial charge in [-0.15, -0.1) is 0 Å². The summed E-state index contributed by atoms with van der Waals surface area (Å²) >= 11 is 0. The summed E-state index contributed by atoms with van der Waals surface area (Å²) in [6, 6.07) is 0. The molecule has 18 heavy (non-hydrogen) atoms. The van der Waals surface area contributed by atoms with Crippen molar-refractivity contribution in [3.8, 4) is 0 Å². The van der Waals surface area contributed by atoms with Gasteiger partial charge in [-0.2, -0.15) is 5.10 Å². The Labute approximate surface area is 104 Å². The molecule has 2 rings (SSSR count). The van der Waals surface area contributed by atoms with Gasteiger partial charge in [-0.25, -0.2) is 9.97 Å². The molecule has 2 heterocycles. The van der Waals surface area contributed by atoms with Crippen molar-refractivity contribution >= 4 is 22.8 Å². The molecule has 0 aliphatic rings. The van der Waals surface area contributed by atoms with Gasteiger partial charge in [-0.1, -0.05) is 0 Å². The molecule has 0 saturated carbocycles. The van der Waals surface area contributed by atoms with Gasteiger partial charge in [0.15, 0.2) is 5.65 Å². The average molecular weight is 249 g/mol. The number of nitrogens with one attached hydrogen (secondary N) is 1. The molecule has 0 atom stereocenters. The number of carboxylic acid groups (broad SMARTS) is 1. The van der Waals surface area contributed by atoms with E-state index in [1.807, 2.05) is 7.05 Å². The molecular formula is C11H15N5O2. The van der Waals surface area contributed by atoms with E-state index in [0.29, 0.717) is 13.0 Å². The Morgan fingerprint density at radius 3 is 3.06 bits per heavy atom. The zero-order chi connectivity index (χ0) is 13.0. The predicted octanol–water partition coefficient (Wildman–Crippen LogP) is 1.03. The SMILES string of the molecule is Cn1ncc2c(NCCCCC(=O)O)ncnc21. The molecule has 2 aromatic heterocycles. The molecule has 2 N–H and O–H groups in total. The Kier molecular flexibility index (Phi) is 3.71. The number of aryl methyl sites for hydroxylation is 1. The molecule has 0 bridgehead atoms. The Bertz CT molecular complexity index is 551. The van der Waals surface area contributed by atoms with Crippen LogP contribution in [0.5, 0.6) is 0 Å². The summed E-state index contributed by atoms with van der Waals surface area (Å²) in [5.74, 6) is -0.0184. The summed E-state index contributed by atoms with van der Waals surface area (Å²) in [7, 11) is 1.83. The van der Waals surface area contributed by atoms with E-state index < -0.39 is 5.97 Å². The molecule has 0 aliphatic heterocycles. The number of hydrogen-bond acceptors (Lipinski definition) is 5. The maximum atomic E-state index is 10.4. The first kappa shape index (κ1) is 12.3. The van der Waals surface area contributed by atoms with Crippen LogP contribution >= 0.6 is 0 Å². The monoisotopic (exact) mass is 249 g/mol. The topological polar surface area (TPSA) is 92.9 Å². The van der Waals surface area contributed by atoms with Crippen molar-refractivity contribution in [3.63, 3.8) is 0 Å². The largest absolute Gasteiger partial charge is 0.481 e. The molecule has 0 amide bonds. The third kappa shape index (κ3) is 2.73. The van der Waals surface area contributed by atoms with Crippen molar-refractivity contribution in [2.75, 3.05) is 11.9 Å². The fraction of sp³-hybridized carbons (Fsp3) is 0.455. The predicted molar refractivity (Wildman–Crippen MR) is 66.3 cm³/mol. The summed E-state index contributed by atoms with van der Waals surface area (Å²) in [6.07, 6.45) is 4.86. The first-order valence-corrected chi connectivity index (χ1v) is 5.77. The zero-order valence-corrected chi connectivity index (χ0v) is 10.1. The molecule has 0 radical (unpaired) electrons. The van der Waals surface area contributed by atoms with Gasteiger partial charge in [0, 0.05) is 20.0 Å². The van der Waals surface area contributed by atoms with Crippen LogP contribution in [-0.4, -0.2) is 37.4 Å². The molecule has 0 fully saturated rings. The highest BCUT2D eigenvalue weighted by Gasteiger charge is 2.06. The standard InChI is InChI=1S/C11H15N5O2/c1-16-11-8(6-15-16)10(13-7-14-11)12-5-3-2-4-9(17)18/h6-7H,2-5H2,1H3,(H,17,18)(H,12,13,14). The highest BCUT2D eigenvalue weighted by atomic mass is 16.4. The van der Waals surface area contributed by atoms with Crippen molar-refractivity contribution in [2.24, 2.45) is 7.05 Å². The molecule has 0 spiro atoms. The van der Waals surface area contributed by atoms with Gasteiger partial charge in [-0.05, 0) is 12.8 Å². The average Bonchev–Trinajstić information content (AvgIpc) is 2.71. The molecular weight excluding hydrogens is 234 g/mol. The van der Waals surface area contributed by atoms with Crippen molar-refractivity contribution in [1.29, 1.82) is 0 Å². The molecule has 96 valence electrons. The Morgan fingerprint density at radius 2 is 2.28 bits per heavy atom. The first-order chi connectivity index (χ1) is 8.68. The van der Waals surface area contributed by atoms with E-state index in [1.54, 1.807) is 10.9 Å². The van der Waals surface area contributed by atoms with Crippen LogP contribution in [0.15, 0.2) is 12.5 Å². The number of nitrogens with zero attached hydrogens (tertiary/aromatic N) is 4. The third-order valence-electron chi connectivity index (χ3n) is 2.64. The molecule has 0 aliphatic carbocycles. The molecule has 2 aromatic rings. The van der Waals surface area contributed by atoms with Gasteiger partial charge in [0.2, 0.25) is 0 Å². The number of carbonyl (C=O) groups is 1. The van der Waals surface area contributed by atoms with Crippen LogP contribution in [0.1, 0.15) is 19.3 Å². The molecule has 0 saturated heterocycles. The summed E-state index contributed by atoms with van der Waals surface area (Å²) < 4.78 is 1.69. The van der Waals surface area contributed by atoms with E-state index >= 15 is 0 Å². The lowest BCUT2D eigenvalue weighted by Gasteiger charge is -2.05. The number of fused-ring (bicyclic) bond motifs is 1. The number of aromatic nitrogens is 4. The van der Waals surface area contributed by atoms with E-state index in [1.165, 1.54) is 6.33 Å². The van der Waals surface area contributed by atoms with Crippen LogP contribution < -0.4 is 5.32 Å². The van der Waals surface area contributed by atoms with Crippen LogP contribution in [0, 0.1) is 0 Å². The minimum absolute atomic E-state index is 0.202. The second kappa shape index (κ2) is 5.44. The summed E-state index contributed by atoms with van der Waals surface area (Å²) in [5, 5.41) is 16.7. The van der Waals surface area contributed by atoms with Gasteiger partial charge in [0.25, 0.3) is 0 Å². The second-order valence-corrected chi connectivity index (χ2v) is 4.01. The Balaban J connectivity index is 1.93. The van der Waals surface area contributed by atoms with Crippen LogP contribution in [0.25, 0.3) is 11.0 Å². The summed E-state index contributed by atoms with van der Waals surface area (Å²) in [6.45, 7) is 0.689. The number of anilines is 1. The van der Waals surface area contributed by atoms with Gasteiger partial charge in [-0.3, -0.25) is 9.48 Å². The normalized spacial score (nSPS) is 10.7. The highest BCUT2D eigenvalue weighted by molar-refractivity contribution is 5.85. The molecule has 0 aromatic carbocycles. The third-order valence-corrected chi connectivity index (χ3v) is 2.64. The molecule has 7 heteroatoms. The van der Waals surface area contributed by atoms with Gasteiger partial charge < -0.3 is 10.4 Å². The van der Waals surface area contributed by atoms with E-state index in [0.717, 1.165) is 23.3 Å². The van der Waals surface area contributed by atoms with Gasteiger partial charge in [0.1, 0.15) is 12.1 Å². The molecule has 7 nitrogen and oxygen atoms in total. The van der Waals surface area contributed by atoms with Crippen molar-refractivity contribution in [3.05, 3.63) is 12.5 Å². The first-order valence-electron chi connectivity index (χ1n) is 5.77. The maximum absolute atomic E-state index is 10.4. The Hall–Kier alpha value is -2.18. The van der Waals surface area contributed by atoms with Gasteiger partial charge in [0.05, 0.1) is 11.6 Å². The number of aliphatic carboxylic acids is 1. The Morgan fingerprint density at radius 1 is 1.44 bits per heavy atom. The lowest BCUT2D eigenvalue weighted by molar-refractivity contribution is -0.137. The van der Waals surface area contributed by atoms with Gasteiger partial charge >= 0.3 is 5.97 Å². The van der Waals surface area contributed by atoms with E-state index in [9.17, 15) is 4.79 Å². The van der Waals surface area contributed by atoms with E-state index in [4.69, 9.17) is 5.11 Å². The lowest BCUT2D eigenvalue weighted by Crippen LogP contribution is -2.05. The number of carboxylic acids is 1. The summed E-state index contributed by atoms with van der Waals surface area (Å²) in [4.78, 5) is 18.7. The lowest BCUT2D eigenvalue weighted by atomic mass is 10.2. The van der Waals surface area contributed by atoms with Crippen LogP contribution in [0.4, 0.5) is 5.82 Å². The van der Waals surface area contributed by atoms with E-state index in [-0.39, 0.29) is 6.42 Å². The van der Waals surface area contributed by atoms with E-state index in [2.05, 4.69) is 20.4 Å². The van der Waals surface area contributed by atoms with Crippen LogP contribution in [0.2, 0.25) is 0 Å².